The number of aliphatic hydroxyl groups is 1. The smallest absolute Gasteiger partial charge is 0.267 e. The lowest BCUT2D eigenvalue weighted by Crippen LogP contribution is -2.48. The minimum absolute atomic E-state index is 0.000878. The molecule has 0 bridgehead atoms. The molecule has 10 heteroatoms. The van der Waals surface area contributed by atoms with Crippen molar-refractivity contribution < 1.29 is 9.90 Å². The van der Waals surface area contributed by atoms with E-state index in [1.807, 2.05) is 32.9 Å². The van der Waals surface area contributed by atoms with Gasteiger partial charge in [-0.2, -0.15) is 0 Å². The molecule has 2 aliphatic rings. The molecular weight excluding hydrogens is 458 g/mol. The molecule has 1 amide bonds. The van der Waals surface area contributed by atoms with Crippen molar-refractivity contribution in [2.24, 2.45) is 0 Å². The molecule has 2 aromatic rings. The van der Waals surface area contributed by atoms with Crippen molar-refractivity contribution >= 4 is 51.7 Å². The largest absolute Gasteiger partial charge is 0.395 e. The molecule has 0 unspecified atom stereocenters. The molecule has 1 atom stereocenters. The van der Waals surface area contributed by atoms with Crippen LogP contribution in [0.4, 0.5) is 5.82 Å². The fraction of sp³-hybridized carbons (Fsp3) is 0.478. The van der Waals surface area contributed by atoms with E-state index >= 15 is 0 Å². The summed E-state index contributed by atoms with van der Waals surface area (Å²) in [4.78, 5) is 37.9. The number of carbonyl (C=O) groups excluding carboxylic acids is 1. The molecular formula is C23H29N5O3S2. The number of fused-ring (bicyclic) bond motifs is 1. The van der Waals surface area contributed by atoms with Gasteiger partial charge in [0.1, 0.15) is 15.8 Å². The first kappa shape index (κ1) is 23.9. The summed E-state index contributed by atoms with van der Waals surface area (Å²) < 4.78 is 2.06. The minimum atomic E-state index is -0.203. The summed E-state index contributed by atoms with van der Waals surface area (Å²) in [7, 11) is 0. The van der Waals surface area contributed by atoms with E-state index in [1.165, 1.54) is 11.8 Å². The van der Waals surface area contributed by atoms with Crippen LogP contribution in [0, 0.1) is 6.92 Å². The van der Waals surface area contributed by atoms with Crippen molar-refractivity contribution in [3.8, 4) is 0 Å². The monoisotopic (exact) mass is 487 g/mol. The molecule has 2 saturated heterocycles. The highest BCUT2D eigenvalue weighted by Crippen LogP contribution is 2.35. The molecule has 4 rings (SSSR count). The van der Waals surface area contributed by atoms with E-state index in [9.17, 15) is 14.7 Å². The first-order chi connectivity index (χ1) is 15.8. The van der Waals surface area contributed by atoms with Crippen LogP contribution in [0.25, 0.3) is 11.7 Å². The average Bonchev–Trinajstić information content (AvgIpc) is 3.09. The third kappa shape index (κ3) is 4.70. The van der Waals surface area contributed by atoms with Gasteiger partial charge in [0.15, 0.2) is 0 Å². The number of carbonyl (C=O) groups is 1. The van der Waals surface area contributed by atoms with E-state index in [4.69, 9.17) is 17.2 Å². The quantitative estimate of drug-likeness (QED) is 0.490. The zero-order valence-electron chi connectivity index (χ0n) is 19.2. The Bertz CT molecular complexity index is 1170. The molecule has 0 aliphatic carbocycles. The number of nitrogens with zero attached hydrogens (tertiary/aromatic N) is 5. The Morgan fingerprint density at radius 3 is 2.64 bits per heavy atom. The summed E-state index contributed by atoms with van der Waals surface area (Å²) in [6.07, 6.45) is 4.24. The summed E-state index contributed by atoms with van der Waals surface area (Å²) in [6, 6.07) is 3.77. The number of aromatic nitrogens is 2. The Labute approximate surface area is 202 Å². The average molecular weight is 488 g/mol. The van der Waals surface area contributed by atoms with Crippen molar-refractivity contribution in [2.75, 3.05) is 44.2 Å². The summed E-state index contributed by atoms with van der Waals surface area (Å²) in [5, 5.41) is 9.24. The zero-order chi connectivity index (χ0) is 23.7. The second-order valence-electron chi connectivity index (χ2n) is 8.45. The number of anilines is 1. The van der Waals surface area contributed by atoms with Crippen LogP contribution in [-0.2, 0) is 4.79 Å². The van der Waals surface area contributed by atoms with Crippen LogP contribution in [0.5, 0.6) is 0 Å². The van der Waals surface area contributed by atoms with Gasteiger partial charge in [-0.05, 0) is 38.0 Å². The fourth-order valence-electron chi connectivity index (χ4n) is 4.11. The number of thioether (sulfide) groups is 1. The van der Waals surface area contributed by atoms with Gasteiger partial charge in [-0.15, -0.1) is 0 Å². The van der Waals surface area contributed by atoms with Crippen molar-refractivity contribution in [3.05, 3.63) is 44.7 Å². The molecule has 0 aromatic carbocycles. The minimum Gasteiger partial charge on any atom is -0.395 e. The topological polar surface area (TPSA) is 81.4 Å². The number of β-amino-alcohol motifs (C(OH)–C–C–N with tert-alkyl or cyclic N) is 1. The molecule has 2 aromatic heterocycles. The van der Waals surface area contributed by atoms with Gasteiger partial charge in [0.05, 0.1) is 17.1 Å². The Morgan fingerprint density at radius 2 is 1.97 bits per heavy atom. The highest BCUT2D eigenvalue weighted by atomic mass is 32.2. The maximum absolute atomic E-state index is 13.6. The van der Waals surface area contributed by atoms with E-state index in [0.29, 0.717) is 45.9 Å². The van der Waals surface area contributed by atoms with Crippen molar-refractivity contribution in [1.82, 2.24) is 19.2 Å². The number of piperazine rings is 1. The lowest BCUT2D eigenvalue weighted by atomic mass is 10.2. The number of aliphatic hydroxyl groups excluding tert-OH is 1. The van der Waals surface area contributed by atoms with E-state index in [2.05, 4.69) is 9.80 Å². The van der Waals surface area contributed by atoms with E-state index in [1.54, 1.807) is 21.6 Å². The normalized spacial score (nSPS) is 19.8. The van der Waals surface area contributed by atoms with Gasteiger partial charge in [0.25, 0.3) is 11.5 Å². The maximum atomic E-state index is 13.6. The fourth-order valence-corrected chi connectivity index (χ4v) is 5.56. The predicted octanol–water partition coefficient (Wildman–Crippen LogP) is 2.12. The van der Waals surface area contributed by atoms with Gasteiger partial charge >= 0.3 is 0 Å². The Morgan fingerprint density at radius 1 is 1.24 bits per heavy atom. The molecule has 1 N–H and O–H groups in total. The number of hydrogen-bond acceptors (Lipinski definition) is 8. The standard InChI is InChI=1S/C23H29N5O3S2/c1-4-16(3)28-22(31)18(33-23(28)32)13-17-20(26-9-7-25(8-10-26)11-12-29)24-19-6-5-15(2)14-27(19)21(17)30/h5-6,13-14,16,29H,4,7-12H2,1-3H3/b18-13-/t16-/m0/s1. The van der Waals surface area contributed by atoms with Crippen LogP contribution in [-0.4, -0.2) is 79.9 Å². The molecule has 8 nitrogen and oxygen atoms in total. The number of rotatable bonds is 6. The third-order valence-corrected chi connectivity index (χ3v) is 7.53. The third-order valence-electron chi connectivity index (χ3n) is 6.20. The van der Waals surface area contributed by atoms with E-state index in [0.717, 1.165) is 25.1 Å². The Hall–Kier alpha value is -2.27. The summed E-state index contributed by atoms with van der Waals surface area (Å²) >= 11 is 6.71. The predicted molar refractivity (Wildman–Crippen MR) is 137 cm³/mol. The van der Waals surface area contributed by atoms with Crippen molar-refractivity contribution in [2.45, 2.75) is 33.2 Å². The number of hydrogen-bond donors (Lipinski definition) is 1. The van der Waals surface area contributed by atoms with E-state index < -0.39 is 0 Å². The molecule has 176 valence electrons. The molecule has 2 fully saturated rings. The first-order valence-corrected chi connectivity index (χ1v) is 12.4. The van der Waals surface area contributed by atoms with Crippen molar-refractivity contribution in [1.29, 1.82) is 0 Å². The van der Waals surface area contributed by atoms with Gasteiger partial charge in [-0.25, -0.2) is 4.98 Å². The second-order valence-corrected chi connectivity index (χ2v) is 10.1. The van der Waals surface area contributed by atoms with Gasteiger partial charge in [0.2, 0.25) is 0 Å². The number of amides is 1. The van der Waals surface area contributed by atoms with Gasteiger partial charge in [-0.3, -0.25) is 23.8 Å². The first-order valence-electron chi connectivity index (χ1n) is 11.2. The molecule has 33 heavy (non-hydrogen) atoms. The van der Waals surface area contributed by atoms with Crippen LogP contribution >= 0.6 is 24.0 Å². The van der Waals surface area contributed by atoms with Crippen molar-refractivity contribution in [3.63, 3.8) is 0 Å². The highest BCUT2D eigenvalue weighted by Gasteiger charge is 2.35. The maximum Gasteiger partial charge on any atom is 0.267 e. The number of aryl methyl sites for hydroxylation is 1. The zero-order valence-corrected chi connectivity index (χ0v) is 20.8. The number of thiocarbonyl (C=S) groups is 1. The summed E-state index contributed by atoms with van der Waals surface area (Å²) in [5.41, 5.74) is 1.72. The molecule has 0 radical (unpaired) electrons. The Balaban J connectivity index is 1.79. The highest BCUT2D eigenvalue weighted by molar-refractivity contribution is 8.26. The lowest BCUT2D eigenvalue weighted by molar-refractivity contribution is -0.123. The van der Waals surface area contributed by atoms with Gasteiger partial charge < -0.3 is 10.0 Å². The van der Waals surface area contributed by atoms with Crippen LogP contribution in [0.2, 0.25) is 0 Å². The number of pyridine rings is 1. The summed E-state index contributed by atoms with van der Waals surface area (Å²) in [5.74, 6) is 0.424. The second kappa shape index (κ2) is 9.92. The van der Waals surface area contributed by atoms with Gasteiger partial charge in [-0.1, -0.05) is 37.0 Å². The Kier molecular flexibility index (Phi) is 7.18. The van der Waals surface area contributed by atoms with Crippen LogP contribution < -0.4 is 10.5 Å². The van der Waals surface area contributed by atoms with Gasteiger partial charge in [0, 0.05) is 45.0 Å². The molecule has 4 heterocycles. The van der Waals surface area contributed by atoms with Crippen LogP contribution in [0.15, 0.2) is 28.0 Å². The molecule has 0 spiro atoms. The summed E-state index contributed by atoms with van der Waals surface area (Å²) in [6.45, 7) is 9.58. The molecule has 0 saturated carbocycles. The SMILES string of the molecule is CC[C@H](C)N1C(=O)/C(=C/c2c(N3CCN(CCO)CC3)nc3ccc(C)cn3c2=O)SC1=S. The lowest BCUT2D eigenvalue weighted by Gasteiger charge is -2.35. The van der Waals surface area contributed by atoms with E-state index in [-0.39, 0.29) is 24.1 Å². The molecule has 2 aliphatic heterocycles. The van der Waals surface area contributed by atoms with Crippen LogP contribution in [0.1, 0.15) is 31.4 Å². The van der Waals surface area contributed by atoms with Crippen LogP contribution in [0.3, 0.4) is 0 Å².